The van der Waals surface area contributed by atoms with Gasteiger partial charge in [-0.2, -0.15) is 0 Å². The number of hydrogen-bond acceptors (Lipinski definition) is 5. The number of benzene rings is 1. The van der Waals surface area contributed by atoms with Crippen LogP contribution in [0.3, 0.4) is 0 Å². The maximum absolute atomic E-state index is 12.4. The fourth-order valence-corrected chi connectivity index (χ4v) is 2.24. The van der Waals surface area contributed by atoms with Gasteiger partial charge in [-0.05, 0) is 54.1 Å². The lowest BCUT2D eigenvalue weighted by atomic mass is 10.2. The molecule has 0 saturated heterocycles. The van der Waals surface area contributed by atoms with Crippen LogP contribution in [0.1, 0.15) is 16.1 Å². The van der Waals surface area contributed by atoms with Crippen LogP contribution in [0.15, 0.2) is 67.1 Å². The number of nitrogens with one attached hydrogen (secondary N) is 2. The second-order valence-corrected chi connectivity index (χ2v) is 5.32. The van der Waals surface area contributed by atoms with Crippen molar-refractivity contribution in [1.29, 1.82) is 0 Å². The van der Waals surface area contributed by atoms with Crippen LogP contribution in [0, 0.1) is 0 Å². The summed E-state index contributed by atoms with van der Waals surface area (Å²) in [5.41, 5.74) is 2.96. The van der Waals surface area contributed by atoms with Gasteiger partial charge in [0.1, 0.15) is 11.4 Å². The summed E-state index contributed by atoms with van der Waals surface area (Å²) in [7, 11) is 1.60. The SMILES string of the molecule is COc1ccc(NC(=O)c2cc(NCc3ccncc3)ccn2)cc1. The van der Waals surface area contributed by atoms with Crippen LogP contribution in [-0.2, 0) is 6.54 Å². The summed E-state index contributed by atoms with van der Waals surface area (Å²) >= 11 is 0. The Morgan fingerprint density at radius 1 is 1.00 bits per heavy atom. The molecule has 0 bridgehead atoms. The van der Waals surface area contributed by atoms with Gasteiger partial charge in [-0.1, -0.05) is 0 Å². The van der Waals surface area contributed by atoms with E-state index in [0.29, 0.717) is 17.9 Å². The summed E-state index contributed by atoms with van der Waals surface area (Å²) in [5.74, 6) is 0.469. The minimum atomic E-state index is -0.266. The van der Waals surface area contributed by atoms with Crippen molar-refractivity contribution in [3.63, 3.8) is 0 Å². The number of hydrogen-bond donors (Lipinski definition) is 2. The van der Waals surface area contributed by atoms with Crippen LogP contribution >= 0.6 is 0 Å². The van der Waals surface area contributed by atoms with Gasteiger partial charge in [-0.3, -0.25) is 14.8 Å². The molecular formula is C19H18N4O2. The summed E-state index contributed by atoms with van der Waals surface area (Å²) in [6.07, 6.45) is 5.10. The first kappa shape index (κ1) is 16.4. The maximum Gasteiger partial charge on any atom is 0.274 e. The third kappa shape index (κ3) is 4.54. The van der Waals surface area contributed by atoms with Crippen molar-refractivity contribution in [3.8, 4) is 5.75 Å². The predicted molar refractivity (Wildman–Crippen MR) is 96.7 cm³/mol. The number of nitrogens with zero attached hydrogens (tertiary/aromatic N) is 2. The Morgan fingerprint density at radius 2 is 1.76 bits per heavy atom. The Labute approximate surface area is 145 Å². The number of methoxy groups -OCH3 is 1. The summed E-state index contributed by atoms with van der Waals surface area (Å²) in [6, 6.07) is 14.6. The van der Waals surface area contributed by atoms with E-state index < -0.39 is 0 Å². The number of ether oxygens (including phenoxy) is 1. The highest BCUT2D eigenvalue weighted by Gasteiger charge is 2.08. The molecule has 2 N–H and O–H groups in total. The molecule has 2 aromatic heterocycles. The highest BCUT2D eigenvalue weighted by atomic mass is 16.5. The maximum atomic E-state index is 12.4. The van der Waals surface area contributed by atoms with Gasteiger partial charge < -0.3 is 15.4 Å². The number of rotatable bonds is 6. The molecule has 0 aliphatic carbocycles. The quantitative estimate of drug-likeness (QED) is 0.723. The van der Waals surface area contributed by atoms with Crippen molar-refractivity contribution >= 4 is 17.3 Å². The minimum Gasteiger partial charge on any atom is -0.497 e. The molecule has 2 heterocycles. The first-order valence-corrected chi connectivity index (χ1v) is 7.79. The van der Waals surface area contributed by atoms with E-state index in [1.807, 2.05) is 18.2 Å². The Hall–Kier alpha value is -3.41. The van der Waals surface area contributed by atoms with Gasteiger partial charge in [0.15, 0.2) is 0 Å². The molecule has 0 radical (unpaired) electrons. The number of carbonyl (C=O) groups is 1. The molecule has 0 spiro atoms. The molecule has 6 nitrogen and oxygen atoms in total. The molecule has 0 unspecified atom stereocenters. The number of anilines is 2. The summed E-state index contributed by atoms with van der Waals surface area (Å²) in [6.45, 7) is 0.645. The molecule has 0 saturated carbocycles. The van der Waals surface area contributed by atoms with Crippen molar-refractivity contribution < 1.29 is 9.53 Å². The van der Waals surface area contributed by atoms with E-state index in [-0.39, 0.29) is 5.91 Å². The lowest BCUT2D eigenvalue weighted by Gasteiger charge is -2.09. The van der Waals surface area contributed by atoms with Gasteiger partial charge in [0.2, 0.25) is 0 Å². The molecule has 0 aliphatic rings. The third-order valence-corrected chi connectivity index (χ3v) is 3.59. The highest BCUT2D eigenvalue weighted by molar-refractivity contribution is 6.03. The number of carbonyl (C=O) groups excluding carboxylic acids is 1. The minimum absolute atomic E-state index is 0.266. The predicted octanol–water partition coefficient (Wildman–Crippen LogP) is 3.35. The molecular weight excluding hydrogens is 316 g/mol. The van der Waals surface area contributed by atoms with Crippen molar-refractivity contribution in [2.24, 2.45) is 0 Å². The standard InChI is InChI=1S/C19H18N4O2/c1-25-17-4-2-15(3-5-17)23-19(24)18-12-16(8-11-21-18)22-13-14-6-9-20-10-7-14/h2-12H,13H2,1H3,(H,21,22)(H,23,24). The molecule has 6 heteroatoms. The molecule has 0 fully saturated rings. The van der Waals surface area contributed by atoms with E-state index in [2.05, 4.69) is 20.6 Å². The second-order valence-electron chi connectivity index (χ2n) is 5.32. The second kappa shape index (κ2) is 7.92. The number of aromatic nitrogens is 2. The monoisotopic (exact) mass is 334 g/mol. The van der Waals surface area contributed by atoms with Gasteiger partial charge in [-0.15, -0.1) is 0 Å². The Balaban J connectivity index is 1.64. The molecule has 126 valence electrons. The van der Waals surface area contributed by atoms with Gasteiger partial charge in [-0.25, -0.2) is 0 Å². The lowest BCUT2D eigenvalue weighted by Crippen LogP contribution is -2.14. The van der Waals surface area contributed by atoms with Crippen LogP contribution in [-0.4, -0.2) is 23.0 Å². The van der Waals surface area contributed by atoms with Crippen LogP contribution in [0.4, 0.5) is 11.4 Å². The van der Waals surface area contributed by atoms with E-state index in [1.165, 1.54) is 0 Å². The van der Waals surface area contributed by atoms with E-state index in [0.717, 1.165) is 17.0 Å². The Kier molecular flexibility index (Phi) is 5.21. The number of pyridine rings is 2. The molecule has 0 atom stereocenters. The van der Waals surface area contributed by atoms with Gasteiger partial charge in [0, 0.05) is 36.5 Å². The van der Waals surface area contributed by atoms with E-state index in [4.69, 9.17) is 4.74 Å². The van der Waals surface area contributed by atoms with Crippen LogP contribution in [0.5, 0.6) is 5.75 Å². The van der Waals surface area contributed by atoms with Gasteiger partial charge >= 0.3 is 0 Å². The van der Waals surface area contributed by atoms with Crippen molar-refractivity contribution in [2.75, 3.05) is 17.7 Å². The van der Waals surface area contributed by atoms with Crippen molar-refractivity contribution in [1.82, 2.24) is 9.97 Å². The zero-order valence-electron chi connectivity index (χ0n) is 13.8. The first-order chi connectivity index (χ1) is 12.2. The third-order valence-electron chi connectivity index (χ3n) is 3.59. The molecule has 3 rings (SSSR count). The van der Waals surface area contributed by atoms with E-state index in [9.17, 15) is 4.79 Å². The fourth-order valence-electron chi connectivity index (χ4n) is 2.24. The van der Waals surface area contributed by atoms with Crippen molar-refractivity contribution in [2.45, 2.75) is 6.54 Å². The van der Waals surface area contributed by atoms with Crippen LogP contribution < -0.4 is 15.4 Å². The smallest absolute Gasteiger partial charge is 0.274 e. The topological polar surface area (TPSA) is 76.1 Å². The Morgan fingerprint density at radius 3 is 2.48 bits per heavy atom. The summed E-state index contributed by atoms with van der Waals surface area (Å²) < 4.78 is 5.10. The van der Waals surface area contributed by atoms with Gasteiger partial charge in [0.25, 0.3) is 5.91 Å². The van der Waals surface area contributed by atoms with Crippen LogP contribution in [0.2, 0.25) is 0 Å². The molecule has 1 amide bonds. The first-order valence-electron chi connectivity index (χ1n) is 7.79. The molecule has 1 aromatic carbocycles. The summed E-state index contributed by atoms with van der Waals surface area (Å²) in [4.78, 5) is 20.5. The molecule has 25 heavy (non-hydrogen) atoms. The lowest BCUT2D eigenvalue weighted by molar-refractivity contribution is 0.102. The average Bonchev–Trinajstić information content (AvgIpc) is 2.68. The fraction of sp³-hybridized carbons (Fsp3) is 0.105. The zero-order chi connectivity index (χ0) is 17.5. The normalized spacial score (nSPS) is 10.1. The largest absolute Gasteiger partial charge is 0.497 e. The zero-order valence-corrected chi connectivity index (χ0v) is 13.8. The van der Waals surface area contributed by atoms with Crippen molar-refractivity contribution in [3.05, 3.63) is 78.4 Å². The number of amides is 1. The Bertz CT molecular complexity index is 836. The highest BCUT2D eigenvalue weighted by Crippen LogP contribution is 2.16. The summed E-state index contributed by atoms with van der Waals surface area (Å²) in [5, 5.41) is 6.09. The molecule has 0 aliphatic heterocycles. The average molecular weight is 334 g/mol. The van der Waals surface area contributed by atoms with Crippen LogP contribution in [0.25, 0.3) is 0 Å². The van der Waals surface area contributed by atoms with Gasteiger partial charge in [0.05, 0.1) is 7.11 Å². The molecule has 3 aromatic rings. The van der Waals surface area contributed by atoms with E-state index >= 15 is 0 Å². The van der Waals surface area contributed by atoms with E-state index in [1.54, 1.807) is 56.0 Å².